The molecule has 1 heterocycles. The van der Waals surface area contributed by atoms with Crippen LogP contribution in [0.25, 0.3) is 0 Å². The summed E-state index contributed by atoms with van der Waals surface area (Å²) >= 11 is 0. The topological polar surface area (TPSA) is 62.8 Å². The highest BCUT2D eigenvalue weighted by atomic mass is 14.8. The highest BCUT2D eigenvalue weighted by Gasteiger charge is 2.07. The van der Waals surface area contributed by atoms with E-state index in [0.717, 1.165) is 5.56 Å². The summed E-state index contributed by atoms with van der Waals surface area (Å²) in [5.74, 6) is 0.395. The zero-order valence-electron chi connectivity index (χ0n) is 8.14. The number of nitrogens with two attached hydrogens (primary N) is 1. The van der Waals surface area contributed by atoms with E-state index < -0.39 is 0 Å². The van der Waals surface area contributed by atoms with Crippen LogP contribution in [0.4, 0.5) is 5.82 Å². The Balaban J connectivity index is 2.42. The second-order valence-corrected chi connectivity index (χ2v) is 3.18. The Bertz CT molecular complexity index is 477. The van der Waals surface area contributed by atoms with E-state index in [4.69, 9.17) is 11.1 Å². The SMILES string of the molecule is N=C(c1ccccc1)c1cccnc1N. The molecule has 1 aromatic heterocycles. The van der Waals surface area contributed by atoms with E-state index in [1.54, 1.807) is 18.3 Å². The molecule has 0 amide bonds. The minimum absolute atomic E-state index is 0.395. The van der Waals surface area contributed by atoms with E-state index in [1.807, 2.05) is 30.3 Å². The predicted molar refractivity (Wildman–Crippen MR) is 61.0 cm³/mol. The van der Waals surface area contributed by atoms with Gasteiger partial charge in [-0.25, -0.2) is 4.98 Å². The third-order valence-electron chi connectivity index (χ3n) is 2.17. The quantitative estimate of drug-likeness (QED) is 0.724. The van der Waals surface area contributed by atoms with Crippen molar-refractivity contribution < 1.29 is 0 Å². The number of benzene rings is 1. The third-order valence-corrected chi connectivity index (χ3v) is 2.17. The lowest BCUT2D eigenvalue weighted by Crippen LogP contribution is -2.06. The first-order chi connectivity index (χ1) is 7.29. The maximum atomic E-state index is 7.99. The van der Waals surface area contributed by atoms with Crippen LogP contribution in [0.15, 0.2) is 48.7 Å². The number of rotatable bonds is 2. The van der Waals surface area contributed by atoms with E-state index in [1.165, 1.54) is 0 Å². The van der Waals surface area contributed by atoms with Crippen molar-refractivity contribution in [2.24, 2.45) is 0 Å². The van der Waals surface area contributed by atoms with Crippen LogP contribution in [0.2, 0.25) is 0 Å². The van der Waals surface area contributed by atoms with Crippen molar-refractivity contribution in [1.29, 1.82) is 5.41 Å². The predicted octanol–water partition coefficient (Wildman–Crippen LogP) is 2.08. The molecule has 0 fully saturated rings. The van der Waals surface area contributed by atoms with Crippen LogP contribution in [-0.2, 0) is 0 Å². The van der Waals surface area contributed by atoms with Gasteiger partial charge >= 0.3 is 0 Å². The summed E-state index contributed by atoms with van der Waals surface area (Å²) in [6.45, 7) is 0. The van der Waals surface area contributed by atoms with Gasteiger partial charge < -0.3 is 5.73 Å². The Hall–Kier alpha value is -2.16. The highest BCUT2D eigenvalue weighted by molar-refractivity contribution is 6.13. The van der Waals surface area contributed by atoms with Crippen molar-refractivity contribution in [3.05, 3.63) is 59.8 Å². The highest BCUT2D eigenvalue weighted by Crippen LogP contribution is 2.13. The van der Waals surface area contributed by atoms with Gasteiger partial charge in [-0.05, 0) is 12.1 Å². The van der Waals surface area contributed by atoms with E-state index in [0.29, 0.717) is 17.1 Å². The lowest BCUT2D eigenvalue weighted by Gasteiger charge is -2.05. The molecular weight excluding hydrogens is 186 g/mol. The smallest absolute Gasteiger partial charge is 0.132 e. The molecule has 3 heteroatoms. The van der Waals surface area contributed by atoms with Crippen LogP contribution < -0.4 is 5.73 Å². The first-order valence-corrected chi connectivity index (χ1v) is 4.64. The van der Waals surface area contributed by atoms with Gasteiger partial charge in [0.25, 0.3) is 0 Å². The van der Waals surface area contributed by atoms with Crippen LogP contribution in [0, 0.1) is 5.41 Å². The van der Waals surface area contributed by atoms with Crippen LogP contribution >= 0.6 is 0 Å². The van der Waals surface area contributed by atoms with Gasteiger partial charge in [0.15, 0.2) is 0 Å². The van der Waals surface area contributed by atoms with Gasteiger partial charge in [0.1, 0.15) is 5.82 Å². The molecule has 0 aliphatic carbocycles. The standard InChI is InChI=1S/C12H11N3/c13-11(9-5-2-1-3-6-9)10-7-4-8-15-12(10)14/h1-8,13H,(H2,14,15). The molecule has 0 aliphatic rings. The van der Waals surface area contributed by atoms with Crippen molar-refractivity contribution in [1.82, 2.24) is 4.98 Å². The molecule has 0 spiro atoms. The van der Waals surface area contributed by atoms with Gasteiger partial charge in [-0.2, -0.15) is 0 Å². The number of anilines is 1. The zero-order chi connectivity index (χ0) is 10.7. The lowest BCUT2D eigenvalue weighted by molar-refractivity contribution is 1.31. The number of hydrogen-bond acceptors (Lipinski definition) is 3. The normalized spacial score (nSPS) is 9.87. The molecule has 3 N–H and O–H groups in total. The number of nitrogens with one attached hydrogen (secondary N) is 1. The van der Waals surface area contributed by atoms with E-state index >= 15 is 0 Å². The van der Waals surface area contributed by atoms with E-state index in [-0.39, 0.29) is 0 Å². The van der Waals surface area contributed by atoms with Crippen LogP contribution in [0.1, 0.15) is 11.1 Å². The third kappa shape index (κ3) is 1.86. The second-order valence-electron chi connectivity index (χ2n) is 3.18. The maximum Gasteiger partial charge on any atom is 0.132 e. The Kier molecular flexibility index (Phi) is 2.46. The number of pyridine rings is 1. The summed E-state index contributed by atoms with van der Waals surface area (Å²) in [6, 6.07) is 13.1. The molecule has 0 saturated heterocycles. The zero-order valence-corrected chi connectivity index (χ0v) is 8.14. The van der Waals surface area contributed by atoms with Crippen molar-refractivity contribution in [2.75, 3.05) is 5.73 Å². The molecule has 0 bridgehead atoms. The molecule has 0 radical (unpaired) electrons. The number of nitrogens with zero attached hydrogens (tertiary/aromatic N) is 1. The van der Waals surface area contributed by atoms with Gasteiger partial charge in [-0.1, -0.05) is 30.3 Å². The van der Waals surface area contributed by atoms with Crippen molar-refractivity contribution in [2.45, 2.75) is 0 Å². The number of hydrogen-bond donors (Lipinski definition) is 2. The average Bonchev–Trinajstić information content (AvgIpc) is 2.30. The molecule has 15 heavy (non-hydrogen) atoms. The fourth-order valence-corrected chi connectivity index (χ4v) is 1.39. The first-order valence-electron chi connectivity index (χ1n) is 4.64. The summed E-state index contributed by atoms with van der Waals surface area (Å²) in [5, 5.41) is 7.99. The first kappa shape index (κ1) is 9.40. The monoisotopic (exact) mass is 197 g/mol. The summed E-state index contributed by atoms with van der Waals surface area (Å²) in [7, 11) is 0. The maximum absolute atomic E-state index is 7.99. The van der Waals surface area contributed by atoms with Crippen LogP contribution in [0.3, 0.4) is 0 Å². The second kappa shape index (κ2) is 3.92. The molecule has 0 saturated carbocycles. The van der Waals surface area contributed by atoms with Crippen molar-refractivity contribution in [3.8, 4) is 0 Å². The molecule has 1 aromatic carbocycles. The molecule has 2 rings (SSSR count). The fraction of sp³-hybridized carbons (Fsp3) is 0. The summed E-state index contributed by atoms with van der Waals surface area (Å²) < 4.78 is 0. The van der Waals surface area contributed by atoms with Gasteiger partial charge in [-0.3, -0.25) is 5.41 Å². The van der Waals surface area contributed by atoms with Gasteiger partial charge in [0.2, 0.25) is 0 Å². The average molecular weight is 197 g/mol. The summed E-state index contributed by atoms with van der Waals surface area (Å²) in [6.07, 6.45) is 1.62. The minimum Gasteiger partial charge on any atom is -0.383 e. The van der Waals surface area contributed by atoms with E-state index in [9.17, 15) is 0 Å². The molecule has 0 atom stereocenters. The fourth-order valence-electron chi connectivity index (χ4n) is 1.39. The Labute approximate surface area is 88.1 Å². The van der Waals surface area contributed by atoms with Gasteiger partial charge in [0, 0.05) is 17.3 Å². The Morgan fingerprint density at radius 1 is 1.07 bits per heavy atom. The van der Waals surface area contributed by atoms with Crippen LogP contribution in [0.5, 0.6) is 0 Å². The summed E-state index contributed by atoms with van der Waals surface area (Å²) in [4.78, 5) is 3.96. The molecule has 2 aromatic rings. The molecular formula is C12H11N3. The molecule has 3 nitrogen and oxygen atoms in total. The van der Waals surface area contributed by atoms with Gasteiger partial charge in [0.05, 0.1) is 5.71 Å². The van der Waals surface area contributed by atoms with Crippen molar-refractivity contribution >= 4 is 11.5 Å². The van der Waals surface area contributed by atoms with Crippen LogP contribution in [-0.4, -0.2) is 10.7 Å². The minimum atomic E-state index is 0.395. The van der Waals surface area contributed by atoms with E-state index in [2.05, 4.69) is 4.98 Å². The molecule has 0 unspecified atom stereocenters. The lowest BCUT2D eigenvalue weighted by atomic mass is 10.0. The Morgan fingerprint density at radius 3 is 2.47 bits per heavy atom. The van der Waals surface area contributed by atoms with Crippen molar-refractivity contribution in [3.63, 3.8) is 0 Å². The largest absolute Gasteiger partial charge is 0.383 e. The number of aromatic nitrogens is 1. The molecule has 0 aliphatic heterocycles. The molecule has 74 valence electrons. The summed E-state index contributed by atoms with van der Waals surface area (Å²) in [5.41, 5.74) is 7.63. The van der Waals surface area contributed by atoms with Gasteiger partial charge in [-0.15, -0.1) is 0 Å². The Morgan fingerprint density at radius 2 is 1.80 bits per heavy atom. The number of nitrogen functional groups attached to an aromatic ring is 1.